The molecule has 1 aliphatic rings. The molecule has 3 rings (SSSR count). The van der Waals surface area contributed by atoms with E-state index in [4.69, 9.17) is 5.10 Å². The lowest BCUT2D eigenvalue weighted by atomic mass is 10.0. The van der Waals surface area contributed by atoms with Crippen LogP contribution >= 0.6 is 15.9 Å². The van der Waals surface area contributed by atoms with E-state index in [1.165, 1.54) is 23.1 Å². The van der Waals surface area contributed by atoms with Gasteiger partial charge >= 0.3 is 0 Å². The molecule has 0 radical (unpaired) electrons. The minimum atomic E-state index is 0.503. The summed E-state index contributed by atoms with van der Waals surface area (Å²) in [4.78, 5) is 0. The molecule has 0 bridgehead atoms. The molecule has 100 valence electrons. The third-order valence-electron chi connectivity index (χ3n) is 3.80. The Bertz CT molecular complexity index is 597. The van der Waals surface area contributed by atoms with Gasteiger partial charge in [-0.2, -0.15) is 5.10 Å². The third-order valence-corrected chi connectivity index (χ3v) is 4.30. The Morgan fingerprint density at radius 1 is 1.32 bits per heavy atom. The van der Waals surface area contributed by atoms with Crippen molar-refractivity contribution in [2.24, 2.45) is 0 Å². The molecule has 19 heavy (non-hydrogen) atoms. The highest BCUT2D eigenvalue weighted by Crippen LogP contribution is 2.29. The van der Waals surface area contributed by atoms with Crippen LogP contribution in [-0.2, 0) is 0 Å². The van der Waals surface area contributed by atoms with Crippen molar-refractivity contribution in [2.45, 2.75) is 26.3 Å². The van der Waals surface area contributed by atoms with Gasteiger partial charge in [-0.05, 0) is 50.1 Å². The van der Waals surface area contributed by atoms with E-state index in [0.29, 0.717) is 6.04 Å². The van der Waals surface area contributed by atoms with Crippen molar-refractivity contribution in [2.75, 3.05) is 13.1 Å². The average molecular weight is 320 g/mol. The third kappa shape index (κ3) is 2.47. The van der Waals surface area contributed by atoms with Gasteiger partial charge in [0.25, 0.3) is 0 Å². The first kappa shape index (κ1) is 12.9. The van der Waals surface area contributed by atoms with Gasteiger partial charge in [0, 0.05) is 22.8 Å². The van der Waals surface area contributed by atoms with E-state index in [1.807, 2.05) is 0 Å². The average Bonchev–Trinajstić information content (AvgIpc) is 2.98. The van der Waals surface area contributed by atoms with Gasteiger partial charge < -0.3 is 5.32 Å². The topological polar surface area (TPSA) is 29.9 Å². The predicted molar refractivity (Wildman–Crippen MR) is 81.4 cm³/mol. The molecule has 1 saturated heterocycles. The largest absolute Gasteiger partial charge is 0.315 e. The molecule has 1 N–H and O–H groups in total. The fraction of sp³-hybridized carbons (Fsp3) is 0.400. The van der Waals surface area contributed by atoms with Crippen LogP contribution in [0.25, 0.3) is 11.1 Å². The normalized spacial score (nSPS) is 19.0. The quantitative estimate of drug-likeness (QED) is 0.918. The highest BCUT2D eigenvalue weighted by molar-refractivity contribution is 9.10. The number of nitrogens with one attached hydrogen (secondary N) is 1. The zero-order valence-electron chi connectivity index (χ0n) is 11.3. The van der Waals surface area contributed by atoms with Crippen LogP contribution in [0.15, 0.2) is 28.9 Å². The second-order valence-corrected chi connectivity index (χ2v) is 6.13. The molecule has 0 saturated carbocycles. The summed E-state index contributed by atoms with van der Waals surface area (Å²) in [6.07, 6.45) is 3.36. The molecule has 2 heterocycles. The van der Waals surface area contributed by atoms with E-state index < -0.39 is 0 Å². The van der Waals surface area contributed by atoms with Crippen molar-refractivity contribution in [1.82, 2.24) is 15.1 Å². The Labute approximate surface area is 122 Å². The minimum Gasteiger partial charge on any atom is -0.315 e. The molecular formula is C15H18BrN3. The van der Waals surface area contributed by atoms with Crippen LogP contribution in [0.1, 0.15) is 23.7 Å². The molecule has 1 fully saturated rings. The summed E-state index contributed by atoms with van der Waals surface area (Å²) in [7, 11) is 0. The van der Waals surface area contributed by atoms with Crippen LogP contribution in [0.2, 0.25) is 0 Å². The van der Waals surface area contributed by atoms with Crippen molar-refractivity contribution >= 4 is 15.9 Å². The van der Waals surface area contributed by atoms with E-state index in [0.717, 1.165) is 23.3 Å². The highest BCUT2D eigenvalue weighted by Gasteiger charge is 2.19. The molecule has 2 aromatic rings. The van der Waals surface area contributed by atoms with Crippen LogP contribution in [0.3, 0.4) is 0 Å². The summed E-state index contributed by atoms with van der Waals surface area (Å²) in [5.41, 5.74) is 4.91. The lowest BCUT2D eigenvalue weighted by Gasteiger charge is -2.08. The first-order valence-corrected chi connectivity index (χ1v) is 7.47. The van der Waals surface area contributed by atoms with E-state index >= 15 is 0 Å². The summed E-state index contributed by atoms with van der Waals surface area (Å²) < 4.78 is 3.25. The molecule has 0 spiro atoms. The van der Waals surface area contributed by atoms with Crippen molar-refractivity contribution in [3.63, 3.8) is 0 Å². The monoisotopic (exact) mass is 319 g/mol. The second kappa shape index (κ2) is 5.10. The molecule has 1 aliphatic heterocycles. The lowest BCUT2D eigenvalue weighted by Crippen LogP contribution is -2.13. The summed E-state index contributed by atoms with van der Waals surface area (Å²) in [5.74, 6) is 0. The molecule has 0 amide bonds. The molecule has 3 nitrogen and oxygen atoms in total. The Balaban J connectivity index is 2.00. The van der Waals surface area contributed by atoms with Gasteiger partial charge in [0.15, 0.2) is 0 Å². The fourth-order valence-corrected chi connectivity index (χ4v) is 3.20. The first-order chi connectivity index (χ1) is 9.15. The van der Waals surface area contributed by atoms with Crippen molar-refractivity contribution in [3.05, 3.63) is 40.1 Å². The molecule has 1 aromatic carbocycles. The number of halogens is 1. The smallest absolute Gasteiger partial charge is 0.0672 e. The van der Waals surface area contributed by atoms with Gasteiger partial charge in [-0.25, -0.2) is 0 Å². The molecule has 1 aromatic heterocycles. The maximum atomic E-state index is 4.70. The van der Waals surface area contributed by atoms with E-state index in [2.05, 4.69) is 64.2 Å². The van der Waals surface area contributed by atoms with Gasteiger partial charge in [-0.3, -0.25) is 4.68 Å². The zero-order valence-corrected chi connectivity index (χ0v) is 12.9. The number of aromatic nitrogens is 2. The molecule has 1 atom stereocenters. The van der Waals surface area contributed by atoms with Gasteiger partial charge in [-0.15, -0.1) is 0 Å². The Kier molecular flexibility index (Phi) is 3.46. The second-order valence-electron chi connectivity index (χ2n) is 5.21. The van der Waals surface area contributed by atoms with Crippen molar-refractivity contribution < 1.29 is 0 Å². The molecule has 0 aliphatic carbocycles. The number of hydrogen-bond donors (Lipinski definition) is 1. The number of rotatable bonds is 2. The summed E-state index contributed by atoms with van der Waals surface area (Å²) in [5, 5.41) is 8.09. The van der Waals surface area contributed by atoms with Crippen molar-refractivity contribution in [1.29, 1.82) is 0 Å². The first-order valence-electron chi connectivity index (χ1n) is 6.68. The predicted octanol–water partition coefficient (Wildman–Crippen LogP) is 3.46. The van der Waals surface area contributed by atoms with Crippen molar-refractivity contribution in [3.8, 4) is 11.1 Å². The number of aryl methyl sites for hydroxylation is 2. The van der Waals surface area contributed by atoms with Crippen LogP contribution in [0.4, 0.5) is 0 Å². The van der Waals surface area contributed by atoms with Gasteiger partial charge in [-0.1, -0.05) is 22.0 Å². The van der Waals surface area contributed by atoms with Crippen LogP contribution in [0, 0.1) is 13.8 Å². The van der Waals surface area contributed by atoms with Crippen LogP contribution in [0.5, 0.6) is 0 Å². The Hall–Kier alpha value is -1.13. The van der Waals surface area contributed by atoms with E-state index in [1.54, 1.807) is 0 Å². The maximum absolute atomic E-state index is 4.70. The van der Waals surface area contributed by atoms with Gasteiger partial charge in [0.05, 0.1) is 11.7 Å². The lowest BCUT2D eigenvalue weighted by molar-refractivity contribution is 0.488. The number of benzene rings is 1. The zero-order chi connectivity index (χ0) is 13.4. The van der Waals surface area contributed by atoms with Crippen LogP contribution < -0.4 is 5.32 Å². The van der Waals surface area contributed by atoms with E-state index in [-0.39, 0.29) is 0 Å². The van der Waals surface area contributed by atoms with Crippen LogP contribution in [-0.4, -0.2) is 22.9 Å². The number of hydrogen-bond acceptors (Lipinski definition) is 2. The maximum Gasteiger partial charge on any atom is 0.0672 e. The number of nitrogens with zero attached hydrogens (tertiary/aromatic N) is 2. The highest BCUT2D eigenvalue weighted by atomic mass is 79.9. The van der Waals surface area contributed by atoms with Gasteiger partial charge in [0.2, 0.25) is 0 Å². The Morgan fingerprint density at radius 2 is 2.16 bits per heavy atom. The Morgan fingerprint density at radius 3 is 2.84 bits per heavy atom. The fourth-order valence-electron chi connectivity index (χ4n) is 2.73. The van der Waals surface area contributed by atoms with E-state index in [9.17, 15) is 0 Å². The molecule has 4 heteroatoms. The SMILES string of the molecule is Cc1cc(Br)ccc1-c1cn(C2CCNC2)nc1C. The summed E-state index contributed by atoms with van der Waals surface area (Å²) >= 11 is 3.52. The molecule has 1 unspecified atom stereocenters. The van der Waals surface area contributed by atoms with Gasteiger partial charge in [0.1, 0.15) is 0 Å². The standard InChI is InChI=1S/C15H18BrN3/c1-10-7-12(16)3-4-14(10)15-9-19(18-11(15)2)13-5-6-17-8-13/h3-4,7,9,13,17H,5-6,8H2,1-2H3. The summed E-state index contributed by atoms with van der Waals surface area (Å²) in [6.45, 7) is 6.36. The summed E-state index contributed by atoms with van der Waals surface area (Å²) in [6, 6.07) is 6.92. The molecular weight excluding hydrogens is 302 g/mol. The minimum absolute atomic E-state index is 0.503.